The minimum Gasteiger partial charge on any atom is -0.846 e. The minimum absolute atomic E-state index is 0.00358. The van der Waals surface area contributed by atoms with Crippen molar-refractivity contribution in [2.24, 2.45) is 4.99 Å². The zero-order chi connectivity index (χ0) is 32.1. The number of carbonyl (C=O) groups excluding carboxylic acids is 2. The zero-order valence-corrected chi connectivity index (χ0v) is 25.8. The predicted octanol–water partition coefficient (Wildman–Crippen LogP) is 4.71. The lowest BCUT2D eigenvalue weighted by atomic mass is 9.98. The van der Waals surface area contributed by atoms with Gasteiger partial charge in [0.05, 0.1) is 25.2 Å². The highest BCUT2D eigenvalue weighted by Gasteiger charge is 2.31. The number of anilines is 1. The number of amidine groups is 1. The number of amides is 1. The van der Waals surface area contributed by atoms with Gasteiger partial charge in [-0.05, 0) is 59.9 Å². The summed E-state index contributed by atoms with van der Waals surface area (Å²) < 4.78 is 18.2. The van der Waals surface area contributed by atoms with Crippen LogP contribution in [-0.2, 0) is 34.0 Å². The molecule has 1 aromatic heterocycles. The lowest BCUT2D eigenvalue weighted by molar-refractivity contribution is -0.727. The van der Waals surface area contributed by atoms with Gasteiger partial charge in [-0.2, -0.15) is 4.57 Å². The molecule has 1 saturated heterocycles. The molecule has 46 heavy (non-hydrogen) atoms. The standard InChI is InChI=1S/C36H38N4O6/c1-27(41)45-25-32-13-8-21-40(32)36(43)46-26-39-20-7-9-28(24-39)23-37-35(42)38-31-15-17-33(18-16-31)44-22-19-30-12-5-6-14-34(30)29-10-3-2-4-11-29/h2-7,9-12,14-18,20,24,32H,8,13,19,21-23,25-26H2,1H3,(H-,37,38,42)/t32-/m0/s1. The third-order valence-electron chi connectivity index (χ3n) is 7.60. The highest BCUT2D eigenvalue weighted by atomic mass is 16.6. The number of nitrogens with one attached hydrogen (secondary N) is 1. The van der Waals surface area contributed by atoms with Crippen LogP contribution in [0.5, 0.6) is 5.75 Å². The molecule has 1 atom stereocenters. The minimum atomic E-state index is -0.471. The van der Waals surface area contributed by atoms with Gasteiger partial charge in [0, 0.05) is 37.2 Å². The number of nitrogens with zero attached hydrogens (tertiary/aromatic N) is 3. The Morgan fingerprint density at radius 3 is 2.57 bits per heavy atom. The molecule has 0 radical (unpaired) electrons. The molecule has 0 aliphatic carbocycles. The maximum Gasteiger partial charge on any atom is 0.414 e. The molecule has 1 aliphatic rings. The van der Waals surface area contributed by atoms with Gasteiger partial charge in [-0.3, -0.25) is 9.79 Å². The fraction of sp³-hybridized carbons (Fsp3) is 0.278. The van der Waals surface area contributed by atoms with E-state index in [1.807, 2.05) is 48.5 Å². The summed E-state index contributed by atoms with van der Waals surface area (Å²) in [5.41, 5.74) is 4.99. The van der Waals surface area contributed by atoms with Crippen LogP contribution in [0.25, 0.3) is 11.1 Å². The van der Waals surface area contributed by atoms with Gasteiger partial charge in [-0.15, -0.1) is 0 Å². The van der Waals surface area contributed by atoms with Gasteiger partial charge in [0.2, 0.25) is 0 Å². The van der Waals surface area contributed by atoms with Crippen LogP contribution in [0, 0.1) is 0 Å². The van der Waals surface area contributed by atoms with Crippen LogP contribution < -0.4 is 19.7 Å². The first-order valence-corrected chi connectivity index (χ1v) is 15.3. The van der Waals surface area contributed by atoms with E-state index in [1.165, 1.54) is 23.6 Å². The van der Waals surface area contributed by atoms with Gasteiger partial charge in [0.25, 0.3) is 6.73 Å². The fourth-order valence-corrected chi connectivity index (χ4v) is 5.30. The molecule has 1 amide bonds. The number of esters is 1. The van der Waals surface area contributed by atoms with Gasteiger partial charge < -0.3 is 29.5 Å². The molecule has 0 spiro atoms. The van der Waals surface area contributed by atoms with Crippen molar-refractivity contribution in [2.75, 3.05) is 25.1 Å². The summed E-state index contributed by atoms with van der Waals surface area (Å²) in [4.78, 5) is 29.5. The highest BCUT2D eigenvalue weighted by molar-refractivity contribution is 5.85. The van der Waals surface area contributed by atoms with Gasteiger partial charge >= 0.3 is 12.1 Å². The van der Waals surface area contributed by atoms with E-state index in [1.54, 1.807) is 40.1 Å². The molecule has 1 fully saturated rings. The van der Waals surface area contributed by atoms with Crippen LogP contribution in [-0.4, -0.2) is 48.8 Å². The van der Waals surface area contributed by atoms with Crippen molar-refractivity contribution in [1.29, 1.82) is 0 Å². The van der Waals surface area contributed by atoms with Gasteiger partial charge in [0.15, 0.2) is 12.4 Å². The highest BCUT2D eigenvalue weighted by Crippen LogP contribution is 2.24. The number of hydrogen-bond donors (Lipinski definition) is 1. The van der Waals surface area contributed by atoms with Gasteiger partial charge in [0.1, 0.15) is 12.4 Å². The number of benzene rings is 3. The number of pyridine rings is 1. The first-order valence-electron chi connectivity index (χ1n) is 15.3. The Balaban J connectivity index is 1.06. The summed E-state index contributed by atoms with van der Waals surface area (Å²) in [7, 11) is 0. The van der Waals surface area contributed by atoms with Crippen LogP contribution in [0.4, 0.5) is 10.5 Å². The Bertz CT molecular complexity index is 1630. The molecule has 0 saturated carbocycles. The molecule has 2 heterocycles. The number of aromatic nitrogens is 1. The third-order valence-corrected chi connectivity index (χ3v) is 7.60. The summed E-state index contributed by atoms with van der Waals surface area (Å²) in [6.45, 7) is 2.76. The summed E-state index contributed by atoms with van der Waals surface area (Å²) in [5, 5.41) is 15.3. The van der Waals surface area contributed by atoms with E-state index in [0.717, 1.165) is 24.8 Å². The second-order valence-corrected chi connectivity index (χ2v) is 11.0. The molecular formula is C36H38N4O6. The van der Waals surface area contributed by atoms with Crippen molar-refractivity contribution in [1.82, 2.24) is 4.90 Å². The Labute approximate surface area is 268 Å². The normalized spacial score (nSPS) is 14.5. The zero-order valence-electron chi connectivity index (χ0n) is 25.8. The van der Waals surface area contributed by atoms with Crippen LogP contribution in [0.1, 0.15) is 30.9 Å². The van der Waals surface area contributed by atoms with Crippen LogP contribution >= 0.6 is 0 Å². The summed E-state index contributed by atoms with van der Waals surface area (Å²) in [6.07, 6.45) is 5.44. The number of ether oxygens (including phenoxy) is 3. The molecule has 10 nitrogen and oxygen atoms in total. The maximum atomic E-state index is 12.6. The number of likely N-dealkylation sites (tertiary alicyclic amines) is 1. The first kappa shape index (κ1) is 32.0. The van der Waals surface area contributed by atoms with E-state index in [-0.39, 0.29) is 31.9 Å². The smallest absolute Gasteiger partial charge is 0.414 e. The first-order chi connectivity index (χ1) is 22.4. The summed E-state index contributed by atoms with van der Waals surface area (Å²) >= 11 is 0. The third kappa shape index (κ3) is 9.31. The predicted molar refractivity (Wildman–Crippen MR) is 172 cm³/mol. The molecule has 238 valence electrons. The number of aliphatic imine (C=N–C) groups is 1. The Morgan fingerprint density at radius 1 is 0.978 bits per heavy atom. The monoisotopic (exact) mass is 622 g/mol. The van der Waals surface area contributed by atoms with Crippen molar-refractivity contribution in [2.45, 2.75) is 45.5 Å². The molecule has 10 heteroatoms. The van der Waals surface area contributed by atoms with E-state index in [0.29, 0.717) is 24.6 Å². The second kappa shape index (κ2) is 16.1. The quantitative estimate of drug-likeness (QED) is 0.105. The van der Waals surface area contributed by atoms with E-state index < -0.39 is 12.1 Å². The number of hydrogen-bond acceptors (Lipinski definition) is 7. The van der Waals surface area contributed by atoms with Crippen LogP contribution in [0.3, 0.4) is 0 Å². The van der Waals surface area contributed by atoms with E-state index in [9.17, 15) is 14.7 Å². The van der Waals surface area contributed by atoms with Crippen molar-refractivity contribution in [3.8, 4) is 16.9 Å². The second-order valence-electron chi connectivity index (χ2n) is 11.0. The van der Waals surface area contributed by atoms with Crippen molar-refractivity contribution in [3.05, 3.63) is 115 Å². The summed E-state index contributed by atoms with van der Waals surface area (Å²) in [5.74, 6) is 0.341. The van der Waals surface area contributed by atoms with Crippen LogP contribution in [0.15, 0.2) is 108 Å². The fourth-order valence-electron chi connectivity index (χ4n) is 5.30. The van der Waals surface area contributed by atoms with E-state index >= 15 is 0 Å². The topological polar surface area (TPSA) is 116 Å². The maximum absolute atomic E-state index is 12.6. The van der Waals surface area contributed by atoms with Gasteiger partial charge in [-0.1, -0.05) is 54.6 Å². The Kier molecular flexibility index (Phi) is 11.2. The van der Waals surface area contributed by atoms with Crippen molar-refractivity contribution >= 4 is 23.8 Å². The molecular weight excluding hydrogens is 584 g/mol. The van der Waals surface area contributed by atoms with Crippen molar-refractivity contribution in [3.63, 3.8) is 0 Å². The number of carbonyl (C=O) groups is 2. The molecule has 5 rings (SSSR count). The molecule has 4 aromatic rings. The Morgan fingerprint density at radius 2 is 1.76 bits per heavy atom. The SMILES string of the molecule is CC(=O)OC[C@@H]1CCCN1C(=O)OC[n+]1cccc(CN=C([O-])Nc2ccc(OCCc3ccccc3-c3ccccc3)cc2)c1. The van der Waals surface area contributed by atoms with Crippen molar-refractivity contribution < 1.29 is 33.5 Å². The van der Waals surface area contributed by atoms with Crippen LogP contribution in [0.2, 0.25) is 0 Å². The molecule has 0 unspecified atom stereocenters. The Hall–Kier alpha value is -5.38. The number of rotatable bonds is 12. The summed E-state index contributed by atoms with van der Waals surface area (Å²) in [6, 6.07) is 28.8. The average molecular weight is 623 g/mol. The van der Waals surface area contributed by atoms with Gasteiger partial charge in [-0.25, -0.2) is 4.79 Å². The largest absolute Gasteiger partial charge is 0.846 e. The molecule has 3 aromatic carbocycles. The lowest BCUT2D eigenvalue weighted by Gasteiger charge is -2.22. The average Bonchev–Trinajstić information content (AvgIpc) is 3.56. The lowest BCUT2D eigenvalue weighted by Crippen LogP contribution is -2.42. The van der Waals surface area contributed by atoms with E-state index in [4.69, 9.17) is 14.2 Å². The molecule has 1 N–H and O–H groups in total. The molecule has 0 bridgehead atoms. The molecule has 1 aliphatic heterocycles. The van der Waals surface area contributed by atoms with E-state index in [2.05, 4.69) is 34.6 Å².